The van der Waals surface area contributed by atoms with Crippen LogP contribution in [0.1, 0.15) is 33.6 Å². The Morgan fingerprint density at radius 1 is 1.41 bits per heavy atom. The molecule has 0 saturated heterocycles. The SMILES string of the molecule is CC1=CC=C[C@]2(C)C[C@@H]3OC(=O)C(C)=C3C[C@@H]12. The molecule has 1 fully saturated rings. The summed E-state index contributed by atoms with van der Waals surface area (Å²) in [5.74, 6) is 0.418. The second kappa shape index (κ2) is 3.34. The Labute approximate surface area is 102 Å². The summed E-state index contributed by atoms with van der Waals surface area (Å²) in [6.07, 6.45) is 8.55. The van der Waals surface area contributed by atoms with E-state index in [1.807, 2.05) is 6.92 Å². The number of carbonyl (C=O) groups is 1. The van der Waals surface area contributed by atoms with Crippen molar-refractivity contribution in [3.05, 3.63) is 34.9 Å². The van der Waals surface area contributed by atoms with E-state index in [1.165, 1.54) is 11.1 Å². The lowest BCUT2D eigenvalue weighted by atomic mass is 9.61. The van der Waals surface area contributed by atoms with E-state index in [1.54, 1.807) is 0 Å². The number of esters is 1. The van der Waals surface area contributed by atoms with Crippen LogP contribution in [-0.4, -0.2) is 12.1 Å². The third kappa shape index (κ3) is 1.43. The smallest absolute Gasteiger partial charge is 0.334 e. The van der Waals surface area contributed by atoms with Gasteiger partial charge in [-0.05, 0) is 43.6 Å². The minimum atomic E-state index is -0.113. The van der Waals surface area contributed by atoms with Crippen LogP contribution in [0.25, 0.3) is 0 Å². The molecule has 0 radical (unpaired) electrons. The summed E-state index contributed by atoms with van der Waals surface area (Å²) in [4.78, 5) is 11.6. The van der Waals surface area contributed by atoms with Crippen molar-refractivity contribution in [2.75, 3.05) is 0 Å². The van der Waals surface area contributed by atoms with Gasteiger partial charge in [-0.1, -0.05) is 30.7 Å². The molecule has 0 aromatic heterocycles. The summed E-state index contributed by atoms with van der Waals surface area (Å²) < 4.78 is 5.46. The molecule has 1 saturated carbocycles. The van der Waals surface area contributed by atoms with Gasteiger partial charge in [0, 0.05) is 5.57 Å². The van der Waals surface area contributed by atoms with Crippen molar-refractivity contribution < 1.29 is 9.53 Å². The van der Waals surface area contributed by atoms with Gasteiger partial charge in [0.1, 0.15) is 6.10 Å². The quantitative estimate of drug-likeness (QED) is 0.597. The van der Waals surface area contributed by atoms with Crippen LogP contribution in [-0.2, 0) is 9.53 Å². The molecular weight excluding hydrogens is 212 g/mol. The van der Waals surface area contributed by atoms with Gasteiger partial charge in [-0.2, -0.15) is 0 Å². The van der Waals surface area contributed by atoms with Crippen LogP contribution in [0.15, 0.2) is 34.9 Å². The second-order valence-electron chi connectivity index (χ2n) is 5.78. The molecule has 3 aliphatic rings. The van der Waals surface area contributed by atoms with Crippen LogP contribution in [0.2, 0.25) is 0 Å². The normalized spacial score (nSPS) is 39.7. The Morgan fingerprint density at radius 2 is 2.18 bits per heavy atom. The number of hydrogen-bond acceptors (Lipinski definition) is 2. The zero-order valence-electron chi connectivity index (χ0n) is 10.6. The first-order valence-electron chi connectivity index (χ1n) is 6.28. The maximum atomic E-state index is 11.6. The van der Waals surface area contributed by atoms with Gasteiger partial charge in [-0.3, -0.25) is 0 Å². The molecule has 0 aromatic rings. The average Bonchev–Trinajstić information content (AvgIpc) is 2.52. The highest BCUT2D eigenvalue weighted by atomic mass is 16.5. The molecule has 0 N–H and O–H groups in total. The van der Waals surface area contributed by atoms with Crippen molar-refractivity contribution in [2.24, 2.45) is 11.3 Å². The maximum absolute atomic E-state index is 11.6. The van der Waals surface area contributed by atoms with Crippen molar-refractivity contribution in [2.45, 2.75) is 39.7 Å². The van der Waals surface area contributed by atoms with Gasteiger partial charge < -0.3 is 4.74 Å². The predicted octanol–water partition coefficient (Wildman–Crippen LogP) is 3.16. The summed E-state index contributed by atoms with van der Waals surface area (Å²) in [6, 6.07) is 0. The van der Waals surface area contributed by atoms with Crippen LogP contribution in [0.3, 0.4) is 0 Å². The van der Waals surface area contributed by atoms with Crippen LogP contribution >= 0.6 is 0 Å². The number of ether oxygens (including phenoxy) is 1. The Kier molecular flexibility index (Phi) is 2.13. The highest BCUT2D eigenvalue weighted by molar-refractivity contribution is 5.91. The molecule has 3 rings (SSSR count). The van der Waals surface area contributed by atoms with Crippen molar-refractivity contribution >= 4 is 5.97 Å². The lowest BCUT2D eigenvalue weighted by Gasteiger charge is -2.44. The number of rotatable bonds is 0. The van der Waals surface area contributed by atoms with E-state index < -0.39 is 0 Å². The summed E-state index contributed by atoms with van der Waals surface area (Å²) in [6.45, 7) is 6.38. The predicted molar refractivity (Wildman–Crippen MR) is 66.3 cm³/mol. The largest absolute Gasteiger partial charge is 0.454 e. The van der Waals surface area contributed by atoms with Crippen LogP contribution < -0.4 is 0 Å². The van der Waals surface area contributed by atoms with E-state index in [0.717, 1.165) is 18.4 Å². The minimum absolute atomic E-state index is 0.0271. The Morgan fingerprint density at radius 3 is 2.94 bits per heavy atom. The lowest BCUT2D eigenvalue weighted by molar-refractivity contribution is -0.141. The van der Waals surface area contributed by atoms with E-state index in [0.29, 0.717) is 5.92 Å². The van der Waals surface area contributed by atoms with E-state index in [9.17, 15) is 4.79 Å². The Balaban J connectivity index is 2.01. The zero-order chi connectivity index (χ0) is 12.2. The Bertz CT molecular complexity index is 481. The second-order valence-corrected chi connectivity index (χ2v) is 5.78. The summed E-state index contributed by atoms with van der Waals surface area (Å²) in [5.41, 5.74) is 3.66. The van der Waals surface area contributed by atoms with Crippen LogP contribution in [0.5, 0.6) is 0 Å². The number of fused-ring (bicyclic) bond motifs is 2. The van der Waals surface area contributed by atoms with E-state index in [2.05, 4.69) is 32.1 Å². The third-order valence-electron chi connectivity index (χ3n) is 4.66. The molecular formula is C15H18O2. The van der Waals surface area contributed by atoms with E-state index in [-0.39, 0.29) is 17.5 Å². The van der Waals surface area contributed by atoms with Gasteiger partial charge in [0.25, 0.3) is 0 Å². The van der Waals surface area contributed by atoms with Crippen LogP contribution in [0.4, 0.5) is 0 Å². The molecule has 0 aromatic carbocycles. The molecule has 0 spiro atoms. The first-order valence-corrected chi connectivity index (χ1v) is 6.28. The molecule has 0 unspecified atom stereocenters. The molecule has 2 aliphatic carbocycles. The monoisotopic (exact) mass is 230 g/mol. The van der Waals surface area contributed by atoms with Gasteiger partial charge in [0.15, 0.2) is 0 Å². The molecule has 17 heavy (non-hydrogen) atoms. The van der Waals surface area contributed by atoms with Gasteiger partial charge in [-0.25, -0.2) is 4.79 Å². The summed E-state index contributed by atoms with van der Waals surface area (Å²) >= 11 is 0. The first-order chi connectivity index (χ1) is 8.01. The van der Waals surface area contributed by atoms with Gasteiger partial charge in [0.05, 0.1) is 0 Å². The van der Waals surface area contributed by atoms with Crippen molar-refractivity contribution in [3.8, 4) is 0 Å². The van der Waals surface area contributed by atoms with E-state index >= 15 is 0 Å². The fraction of sp³-hybridized carbons (Fsp3) is 0.533. The van der Waals surface area contributed by atoms with Crippen molar-refractivity contribution in [1.82, 2.24) is 0 Å². The highest BCUT2D eigenvalue weighted by Gasteiger charge is 2.47. The molecule has 0 bridgehead atoms. The lowest BCUT2D eigenvalue weighted by Crippen LogP contribution is -2.38. The topological polar surface area (TPSA) is 26.3 Å². The summed E-state index contributed by atoms with van der Waals surface area (Å²) in [5, 5.41) is 0. The molecule has 2 nitrogen and oxygen atoms in total. The van der Waals surface area contributed by atoms with Crippen molar-refractivity contribution in [1.29, 1.82) is 0 Å². The van der Waals surface area contributed by atoms with Crippen molar-refractivity contribution in [3.63, 3.8) is 0 Å². The third-order valence-corrected chi connectivity index (χ3v) is 4.66. The average molecular weight is 230 g/mol. The Hall–Kier alpha value is -1.31. The number of allylic oxidation sites excluding steroid dienone is 4. The minimum Gasteiger partial charge on any atom is -0.454 e. The van der Waals surface area contributed by atoms with E-state index in [4.69, 9.17) is 4.74 Å². The fourth-order valence-corrected chi connectivity index (χ4v) is 3.51. The summed E-state index contributed by atoms with van der Waals surface area (Å²) in [7, 11) is 0. The molecule has 1 heterocycles. The maximum Gasteiger partial charge on any atom is 0.334 e. The first kappa shape index (κ1) is 10.8. The van der Waals surface area contributed by atoms with Gasteiger partial charge in [0.2, 0.25) is 0 Å². The number of carbonyl (C=O) groups excluding carboxylic acids is 1. The zero-order valence-corrected chi connectivity index (χ0v) is 10.6. The van der Waals surface area contributed by atoms with Gasteiger partial charge in [-0.15, -0.1) is 0 Å². The molecule has 0 amide bonds. The van der Waals surface area contributed by atoms with Crippen LogP contribution in [0, 0.1) is 11.3 Å². The number of hydrogen-bond donors (Lipinski definition) is 0. The molecule has 90 valence electrons. The molecule has 2 heteroatoms. The standard InChI is InChI=1S/C15H18O2/c1-9-5-4-6-15(3)8-13-11(7-12(9)15)10(2)14(16)17-13/h4-6,12-13H,7-8H2,1-3H3/t12-,13-,15+/m0/s1. The molecule has 1 aliphatic heterocycles. The molecule has 3 atom stereocenters. The fourth-order valence-electron chi connectivity index (χ4n) is 3.51. The van der Waals surface area contributed by atoms with Gasteiger partial charge >= 0.3 is 5.97 Å². The highest BCUT2D eigenvalue weighted by Crippen LogP contribution is 2.52.